The highest BCUT2D eigenvalue weighted by Gasteiger charge is 2.19. The minimum absolute atomic E-state index is 0.106. The third kappa shape index (κ3) is 4.48. The fourth-order valence-corrected chi connectivity index (χ4v) is 2.50. The van der Waals surface area contributed by atoms with E-state index in [9.17, 15) is 29.8 Å². The van der Waals surface area contributed by atoms with Gasteiger partial charge >= 0.3 is 0 Å². The second kappa shape index (κ2) is 8.09. The van der Waals surface area contributed by atoms with Gasteiger partial charge in [-0.1, -0.05) is 30.3 Å². The number of carbonyl (C=O) groups excluding carboxylic acids is 2. The third-order valence-electron chi connectivity index (χ3n) is 3.89. The Morgan fingerprint density at radius 3 is 1.62 bits per heavy atom. The number of nitrogens with zero attached hydrogens (tertiary/aromatic N) is 2. The van der Waals surface area contributed by atoms with Crippen LogP contribution in [0.1, 0.15) is 20.7 Å². The lowest BCUT2D eigenvalue weighted by Gasteiger charge is -2.07. The number of rotatable bonds is 7. The molecule has 144 valence electrons. The van der Waals surface area contributed by atoms with Crippen LogP contribution in [0, 0.1) is 20.2 Å². The van der Waals surface area contributed by atoms with Crippen LogP contribution in [0.25, 0.3) is 0 Å². The average Bonchev–Trinajstić information content (AvgIpc) is 2.73. The van der Waals surface area contributed by atoms with Gasteiger partial charge in [-0.3, -0.25) is 29.8 Å². The molecule has 0 N–H and O–H groups in total. The molecule has 3 aromatic carbocycles. The Kier molecular flexibility index (Phi) is 5.40. The summed E-state index contributed by atoms with van der Waals surface area (Å²) < 4.78 is 5.43. The minimum atomic E-state index is -0.767. The van der Waals surface area contributed by atoms with Crippen molar-refractivity contribution in [1.29, 1.82) is 0 Å². The second-order valence-electron chi connectivity index (χ2n) is 5.85. The molecule has 0 amide bonds. The maximum Gasteiger partial charge on any atom is 0.280 e. The molecule has 0 aliphatic rings. The number of hydrogen-bond acceptors (Lipinski definition) is 7. The van der Waals surface area contributed by atoms with Gasteiger partial charge in [0.2, 0.25) is 11.6 Å². The third-order valence-corrected chi connectivity index (χ3v) is 3.89. The lowest BCUT2D eigenvalue weighted by molar-refractivity contribution is -0.394. The van der Waals surface area contributed by atoms with Gasteiger partial charge < -0.3 is 4.74 Å². The summed E-state index contributed by atoms with van der Waals surface area (Å²) in [5.41, 5.74) is -0.582. The van der Waals surface area contributed by atoms with E-state index in [1.807, 2.05) is 0 Å². The van der Waals surface area contributed by atoms with E-state index < -0.39 is 32.8 Å². The molecule has 0 aromatic heterocycles. The fraction of sp³-hybridized carbons (Fsp3) is 0. The molecule has 0 saturated carbocycles. The topological polar surface area (TPSA) is 130 Å². The molecule has 0 fully saturated rings. The summed E-state index contributed by atoms with van der Waals surface area (Å²) in [6.07, 6.45) is 0. The van der Waals surface area contributed by atoms with E-state index in [1.54, 1.807) is 18.2 Å². The van der Waals surface area contributed by atoms with Gasteiger partial charge in [-0.15, -0.1) is 0 Å². The molecule has 0 bridgehead atoms. The van der Waals surface area contributed by atoms with Crippen LogP contribution in [0.4, 0.5) is 11.4 Å². The maximum absolute atomic E-state index is 12.3. The molecule has 3 aromatic rings. The summed E-state index contributed by atoms with van der Waals surface area (Å²) in [6, 6.07) is 16.5. The van der Waals surface area contributed by atoms with Crippen LogP contribution in [0.2, 0.25) is 0 Å². The molecule has 9 heteroatoms. The van der Waals surface area contributed by atoms with Gasteiger partial charge in [0.15, 0.2) is 0 Å². The van der Waals surface area contributed by atoms with Crippen LogP contribution < -0.4 is 4.74 Å². The first kappa shape index (κ1) is 19.4. The van der Waals surface area contributed by atoms with E-state index in [4.69, 9.17) is 4.74 Å². The molecule has 0 heterocycles. The molecule has 0 unspecified atom stereocenters. The number of hydrogen-bond donors (Lipinski definition) is 0. The first-order valence-electron chi connectivity index (χ1n) is 8.21. The zero-order valence-corrected chi connectivity index (χ0v) is 14.7. The first-order chi connectivity index (χ1) is 13.8. The van der Waals surface area contributed by atoms with E-state index in [1.165, 1.54) is 36.4 Å². The fourth-order valence-electron chi connectivity index (χ4n) is 2.50. The number of Topliss-reactive ketones (excluding diaryl/α,β-unsaturated/α-hetero) is 2. The van der Waals surface area contributed by atoms with Gasteiger partial charge in [0.05, 0.1) is 28.0 Å². The molecule has 0 aliphatic carbocycles. The predicted molar refractivity (Wildman–Crippen MR) is 101 cm³/mol. The van der Waals surface area contributed by atoms with Crippen molar-refractivity contribution < 1.29 is 24.2 Å². The number of benzene rings is 3. The van der Waals surface area contributed by atoms with Crippen LogP contribution in [-0.4, -0.2) is 21.4 Å². The van der Waals surface area contributed by atoms with Crippen molar-refractivity contribution >= 4 is 22.9 Å². The van der Waals surface area contributed by atoms with Gasteiger partial charge in [0.25, 0.3) is 11.4 Å². The zero-order chi connectivity index (χ0) is 21.0. The molecule has 9 nitrogen and oxygen atoms in total. The minimum Gasteiger partial charge on any atom is -0.457 e. The van der Waals surface area contributed by atoms with Crippen molar-refractivity contribution in [3.05, 3.63) is 104 Å². The Morgan fingerprint density at radius 2 is 1.14 bits per heavy atom. The highest BCUT2D eigenvalue weighted by Crippen LogP contribution is 2.30. The lowest BCUT2D eigenvalue weighted by Crippen LogP contribution is -2.14. The highest BCUT2D eigenvalue weighted by molar-refractivity contribution is 6.49. The van der Waals surface area contributed by atoms with Crippen molar-refractivity contribution in [2.75, 3.05) is 0 Å². The standard InChI is InChI=1S/C20H12N2O7/c23-19(13-4-2-1-3-5-13)20(24)14-6-8-17(9-7-14)29-18-11-15(21(25)26)10-16(12-18)22(27)28/h1-12H. The average molecular weight is 392 g/mol. The molecule has 0 atom stereocenters. The van der Waals surface area contributed by atoms with Gasteiger partial charge in [0, 0.05) is 11.1 Å². The number of ketones is 2. The lowest BCUT2D eigenvalue weighted by atomic mass is 10.0. The molecule has 0 radical (unpaired) electrons. The van der Waals surface area contributed by atoms with Crippen LogP contribution in [-0.2, 0) is 0 Å². The Balaban J connectivity index is 1.81. The first-order valence-corrected chi connectivity index (χ1v) is 8.21. The van der Waals surface area contributed by atoms with Gasteiger partial charge in [0.1, 0.15) is 11.5 Å². The van der Waals surface area contributed by atoms with E-state index in [2.05, 4.69) is 0 Å². The van der Waals surface area contributed by atoms with E-state index >= 15 is 0 Å². The zero-order valence-electron chi connectivity index (χ0n) is 14.7. The summed E-state index contributed by atoms with van der Waals surface area (Å²) in [6.45, 7) is 0. The van der Waals surface area contributed by atoms with Crippen LogP contribution in [0.5, 0.6) is 11.5 Å². The quantitative estimate of drug-likeness (QED) is 0.253. The normalized spacial score (nSPS) is 10.2. The number of carbonyl (C=O) groups is 2. The molecule has 0 spiro atoms. The summed E-state index contributed by atoms with van der Waals surface area (Å²) in [7, 11) is 0. The highest BCUT2D eigenvalue weighted by atomic mass is 16.6. The summed E-state index contributed by atoms with van der Waals surface area (Å²) in [4.78, 5) is 44.9. The monoisotopic (exact) mass is 392 g/mol. The second-order valence-corrected chi connectivity index (χ2v) is 5.85. The van der Waals surface area contributed by atoms with Gasteiger partial charge in [-0.2, -0.15) is 0 Å². The van der Waals surface area contributed by atoms with Crippen LogP contribution >= 0.6 is 0 Å². The van der Waals surface area contributed by atoms with Crippen LogP contribution in [0.3, 0.4) is 0 Å². The molecule has 29 heavy (non-hydrogen) atoms. The Bertz CT molecular complexity index is 1080. The largest absolute Gasteiger partial charge is 0.457 e. The van der Waals surface area contributed by atoms with Crippen molar-refractivity contribution in [3.8, 4) is 11.5 Å². The van der Waals surface area contributed by atoms with Crippen molar-refractivity contribution in [2.24, 2.45) is 0 Å². The smallest absolute Gasteiger partial charge is 0.280 e. The molecule has 0 saturated heterocycles. The van der Waals surface area contributed by atoms with E-state index in [-0.39, 0.29) is 22.6 Å². The van der Waals surface area contributed by atoms with Gasteiger partial charge in [-0.25, -0.2) is 0 Å². The molecule has 0 aliphatic heterocycles. The summed E-state index contributed by atoms with van der Waals surface area (Å²) in [5, 5.41) is 21.9. The number of nitro benzene ring substituents is 2. The number of ether oxygens (including phenoxy) is 1. The Hall–Kier alpha value is -4.40. The SMILES string of the molecule is O=C(C(=O)c1ccc(Oc2cc([N+](=O)[O-])cc([N+](=O)[O-])c2)cc1)c1ccccc1. The molecular formula is C20H12N2O7. The number of nitro groups is 2. The summed E-state index contributed by atoms with van der Waals surface area (Å²) in [5.74, 6) is -1.28. The maximum atomic E-state index is 12.3. The number of non-ortho nitro benzene ring substituents is 2. The molecule has 3 rings (SSSR count). The van der Waals surface area contributed by atoms with Crippen molar-refractivity contribution in [1.82, 2.24) is 0 Å². The Labute approximate surface area is 163 Å². The van der Waals surface area contributed by atoms with Crippen LogP contribution in [0.15, 0.2) is 72.8 Å². The summed E-state index contributed by atoms with van der Waals surface area (Å²) >= 11 is 0. The van der Waals surface area contributed by atoms with E-state index in [0.29, 0.717) is 0 Å². The predicted octanol–water partition coefficient (Wildman–Crippen LogP) is 4.36. The van der Waals surface area contributed by atoms with E-state index in [0.717, 1.165) is 18.2 Å². The van der Waals surface area contributed by atoms with Crippen molar-refractivity contribution in [2.45, 2.75) is 0 Å². The Morgan fingerprint density at radius 1 is 0.655 bits per heavy atom. The van der Waals surface area contributed by atoms with Crippen molar-refractivity contribution in [3.63, 3.8) is 0 Å². The molecular weight excluding hydrogens is 380 g/mol. The van der Waals surface area contributed by atoms with Gasteiger partial charge in [-0.05, 0) is 24.3 Å².